The van der Waals surface area contributed by atoms with Crippen molar-refractivity contribution in [3.8, 4) is 33.6 Å². The molecule has 3 heterocycles. The molecule has 0 aliphatic rings. The fraction of sp³-hybridized carbons (Fsp3) is 0. The van der Waals surface area contributed by atoms with Crippen LogP contribution in [0.5, 0.6) is 0 Å². The van der Waals surface area contributed by atoms with E-state index in [1.165, 1.54) is 65.9 Å². The van der Waals surface area contributed by atoms with Gasteiger partial charge in [-0.3, -0.25) is 0 Å². The van der Waals surface area contributed by atoms with Crippen LogP contribution < -0.4 is 0 Å². The van der Waals surface area contributed by atoms with Crippen LogP contribution in [0.2, 0.25) is 0 Å². The third kappa shape index (κ3) is 4.54. The second-order valence-corrected chi connectivity index (χ2v) is 13.8. The number of fused-ring (bicyclic) bond motifs is 9. The van der Waals surface area contributed by atoms with E-state index in [1.54, 1.807) is 0 Å². The highest BCUT2D eigenvalue weighted by Gasteiger charge is 2.18. The molecule has 0 radical (unpaired) electrons. The minimum atomic E-state index is 0.902. The topological polar surface area (TPSA) is 23.0 Å². The van der Waals surface area contributed by atoms with Crippen LogP contribution in [0.3, 0.4) is 0 Å². The lowest BCUT2D eigenvalue weighted by Gasteiger charge is -2.11. The quantitative estimate of drug-likeness (QED) is 0.178. The Labute approximate surface area is 305 Å². The van der Waals surface area contributed by atoms with Gasteiger partial charge in [0.2, 0.25) is 0 Å². The molecule has 3 nitrogen and oxygen atoms in total. The lowest BCUT2D eigenvalue weighted by Crippen LogP contribution is -1.94. The molecular formula is C50H32N2O. The number of nitrogens with zero attached hydrogens (tertiary/aromatic N) is 2. The Morgan fingerprint density at radius 1 is 0.358 bits per heavy atom. The average Bonchev–Trinajstić information content (AvgIpc) is 3.87. The van der Waals surface area contributed by atoms with Crippen LogP contribution in [0, 0.1) is 0 Å². The van der Waals surface area contributed by atoms with Crippen LogP contribution >= 0.6 is 0 Å². The standard InChI is InChI=1S/C50H32N2O/c1-2-32-19-23-46-41(27-32)43-30-36(21-25-48(43)51(46)37-14-10-13-34(28-37)33-11-4-3-5-12-33)35-20-24-47-42(29-35)39-15-6-8-17-45(39)52(47)38-22-26-50-44(31-38)40-16-7-9-18-49(40)53-50/h2-31H,1H2. The summed E-state index contributed by atoms with van der Waals surface area (Å²) in [5.41, 5.74) is 14.7. The number of hydrogen-bond donors (Lipinski definition) is 0. The second-order valence-electron chi connectivity index (χ2n) is 13.8. The summed E-state index contributed by atoms with van der Waals surface area (Å²) in [6, 6.07) is 63.4. The predicted molar refractivity (Wildman–Crippen MR) is 223 cm³/mol. The van der Waals surface area contributed by atoms with Crippen molar-refractivity contribution in [2.75, 3.05) is 0 Å². The molecule has 3 heteroatoms. The van der Waals surface area contributed by atoms with Gasteiger partial charge in [0.25, 0.3) is 0 Å². The van der Waals surface area contributed by atoms with Crippen molar-refractivity contribution >= 4 is 71.6 Å². The molecular weight excluding hydrogens is 645 g/mol. The van der Waals surface area contributed by atoms with Crippen LogP contribution in [0.25, 0.3) is 105 Å². The maximum atomic E-state index is 6.17. The smallest absolute Gasteiger partial charge is 0.135 e. The van der Waals surface area contributed by atoms with E-state index in [0.717, 1.165) is 38.9 Å². The largest absolute Gasteiger partial charge is 0.456 e. The van der Waals surface area contributed by atoms with E-state index in [4.69, 9.17) is 4.42 Å². The summed E-state index contributed by atoms with van der Waals surface area (Å²) in [5, 5.41) is 7.14. The van der Waals surface area contributed by atoms with Gasteiger partial charge in [-0.1, -0.05) is 110 Å². The molecule has 0 aliphatic carbocycles. The zero-order valence-corrected chi connectivity index (χ0v) is 28.8. The molecule has 0 amide bonds. The van der Waals surface area contributed by atoms with E-state index in [0.29, 0.717) is 0 Å². The van der Waals surface area contributed by atoms with Gasteiger partial charge in [-0.05, 0) is 107 Å². The highest BCUT2D eigenvalue weighted by atomic mass is 16.3. The van der Waals surface area contributed by atoms with Crippen molar-refractivity contribution in [3.63, 3.8) is 0 Å². The number of furan rings is 1. The summed E-state index contributed by atoms with van der Waals surface area (Å²) >= 11 is 0. The summed E-state index contributed by atoms with van der Waals surface area (Å²) in [6.07, 6.45) is 1.93. The first-order valence-corrected chi connectivity index (χ1v) is 18.0. The molecule has 0 spiro atoms. The van der Waals surface area contributed by atoms with Gasteiger partial charge in [0.1, 0.15) is 11.2 Å². The number of rotatable bonds is 5. The van der Waals surface area contributed by atoms with Crippen LogP contribution in [-0.2, 0) is 0 Å². The molecule has 3 aromatic heterocycles. The number of para-hydroxylation sites is 2. The lowest BCUT2D eigenvalue weighted by molar-refractivity contribution is 0.669. The van der Waals surface area contributed by atoms with E-state index < -0.39 is 0 Å². The second kappa shape index (κ2) is 11.5. The van der Waals surface area contributed by atoms with Crippen molar-refractivity contribution in [2.24, 2.45) is 0 Å². The summed E-state index contributed by atoms with van der Waals surface area (Å²) in [4.78, 5) is 0. The number of benzene rings is 8. The average molecular weight is 677 g/mol. The Kier molecular flexibility index (Phi) is 6.40. The molecule has 53 heavy (non-hydrogen) atoms. The third-order valence-corrected chi connectivity index (χ3v) is 10.9. The molecule has 248 valence electrons. The van der Waals surface area contributed by atoms with Gasteiger partial charge < -0.3 is 13.6 Å². The first kappa shape index (κ1) is 29.6. The number of aromatic nitrogens is 2. The fourth-order valence-electron chi connectivity index (χ4n) is 8.36. The molecule has 0 atom stereocenters. The zero-order valence-electron chi connectivity index (χ0n) is 28.8. The molecule has 0 fully saturated rings. The minimum absolute atomic E-state index is 0.902. The van der Waals surface area contributed by atoms with Crippen LogP contribution in [0.15, 0.2) is 187 Å². The molecule has 0 bridgehead atoms. The van der Waals surface area contributed by atoms with Gasteiger partial charge in [-0.2, -0.15) is 0 Å². The van der Waals surface area contributed by atoms with Crippen LogP contribution in [0.1, 0.15) is 5.56 Å². The Morgan fingerprint density at radius 2 is 0.925 bits per heavy atom. The first-order valence-electron chi connectivity index (χ1n) is 18.0. The predicted octanol–water partition coefficient (Wildman–Crippen LogP) is 13.8. The van der Waals surface area contributed by atoms with E-state index in [2.05, 4.69) is 180 Å². The van der Waals surface area contributed by atoms with Gasteiger partial charge in [-0.25, -0.2) is 0 Å². The van der Waals surface area contributed by atoms with Crippen LogP contribution in [0.4, 0.5) is 0 Å². The van der Waals surface area contributed by atoms with Gasteiger partial charge >= 0.3 is 0 Å². The lowest BCUT2D eigenvalue weighted by atomic mass is 10.00. The Balaban J connectivity index is 1.09. The Morgan fingerprint density at radius 3 is 1.70 bits per heavy atom. The Hall–Kier alpha value is -7.10. The van der Waals surface area contributed by atoms with Gasteiger partial charge in [0, 0.05) is 43.7 Å². The summed E-state index contributed by atoms with van der Waals surface area (Å²) < 4.78 is 10.9. The maximum absolute atomic E-state index is 6.17. The summed E-state index contributed by atoms with van der Waals surface area (Å²) in [7, 11) is 0. The number of hydrogen-bond acceptors (Lipinski definition) is 1. The normalized spacial score (nSPS) is 11.8. The fourth-order valence-corrected chi connectivity index (χ4v) is 8.36. The van der Waals surface area contributed by atoms with Crippen molar-refractivity contribution in [1.82, 2.24) is 9.13 Å². The van der Waals surface area contributed by atoms with Gasteiger partial charge in [0.05, 0.1) is 22.1 Å². The molecule has 0 saturated heterocycles. The van der Waals surface area contributed by atoms with Crippen molar-refractivity contribution in [3.05, 3.63) is 188 Å². The molecule has 11 rings (SSSR count). The maximum Gasteiger partial charge on any atom is 0.135 e. The monoisotopic (exact) mass is 676 g/mol. The highest BCUT2D eigenvalue weighted by Crippen LogP contribution is 2.40. The van der Waals surface area contributed by atoms with Crippen LogP contribution in [-0.4, -0.2) is 9.13 Å². The minimum Gasteiger partial charge on any atom is -0.456 e. The summed E-state index contributed by atoms with van der Waals surface area (Å²) in [6.45, 7) is 4.08. The third-order valence-electron chi connectivity index (χ3n) is 10.9. The Bertz CT molecular complexity index is 3250. The molecule has 11 aromatic rings. The van der Waals surface area contributed by atoms with Gasteiger partial charge in [0.15, 0.2) is 0 Å². The molecule has 0 N–H and O–H groups in total. The van der Waals surface area contributed by atoms with Crippen molar-refractivity contribution in [1.29, 1.82) is 0 Å². The van der Waals surface area contributed by atoms with Crippen molar-refractivity contribution < 1.29 is 4.42 Å². The first-order chi connectivity index (χ1) is 26.2. The van der Waals surface area contributed by atoms with Gasteiger partial charge in [-0.15, -0.1) is 0 Å². The van der Waals surface area contributed by atoms with E-state index in [1.807, 2.05) is 18.2 Å². The van der Waals surface area contributed by atoms with E-state index >= 15 is 0 Å². The molecule has 0 saturated carbocycles. The molecule has 0 aliphatic heterocycles. The SMILES string of the molecule is C=Cc1ccc2c(c1)c1cc(-c3ccc4c(c3)c3ccccc3n4-c3ccc4oc5ccccc5c4c3)ccc1n2-c1cccc(-c2ccccc2)c1. The molecule has 0 unspecified atom stereocenters. The zero-order chi connectivity index (χ0) is 35.0. The summed E-state index contributed by atoms with van der Waals surface area (Å²) in [5.74, 6) is 0. The van der Waals surface area contributed by atoms with Crippen molar-refractivity contribution in [2.45, 2.75) is 0 Å². The highest BCUT2D eigenvalue weighted by molar-refractivity contribution is 6.13. The van der Waals surface area contributed by atoms with E-state index in [-0.39, 0.29) is 0 Å². The van der Waals surface area contributed by atoms with E-state index in [9.17, 15) is 0 Å². The molecule has 8 aromatic carbocycles.